The van der Waals surface area contributed by atoms with Gasteiger partial charge in [-0.1, -0.05) is 24.7 Å². The number of carbonyl (C=O) groups excluding carboxylic acids is 1. The van der Waals surface area contributed by atoms with Gasteiger partial charge in [-0.15, -0.1) is 0 Å². The van der Waals surface area contributed by atoms with E-state index in [9.17, 15) is 4.79 Å². The van der Waals surface area contributed by atoms with Crippen LogP contribution in [-0.2, 0) is 0 Å². The van der Waals surface area contributed by atoms with Crippen LogP contribution in [0.4, 0.5) is 5.13 Å². The van der Waals surface area contributed by atoms with Crippen LogP contribution in [0.25, 0.3) is 10.2 Å². The first-order valence-electron chi connectivity index (χ1n) is 10.7. The number of methoxy groups -OCH3 is 2. The van der Waals surface area contributed by atoms with E-state index in [1.807, 2.05) is 43.3 Å². The number of anilines is 1. The highest BCUT2D eigenvalue weighted by molar-refractivity contribution is 7.22. The molecule has 0 aliphatic heterocycles. The molecular weight excluding hydrogens is 426 g/mol. The van der Waals surface area contributed by atoms with E-state index in [1.165, 1.54) is 11.3 Å². The molecule has 172 valence electrons. The maximum Gasteiger partial charge on any atom is 0.260 e. The lowest BCUT2D eigenvalue weighted by Crippen LogP contribution is -2.36. The van der Waals surface area contributed by atoms with E-state index < -0.39 is 0 Å². The van der Waals surface area contributed by atoms with Gasteiger partial charge in [0, 0.05) is 18.7 Å². The predicted octanol–water partition coefficient (Wildman–Crippen LogP) is 4.70. The van der Waals surface area contributed by atoms with E-state index in [-0.39, 0.29) is 5.91 Å². The van der Waals surface area contributed by atoms with Crippen molar-refractivity contribution in [2.45, 2.75) is 19.8 Å². The maximum absolute atomic E-state index is 13.5. The van der Waals surface area contributed by atoms with Gasteiger partial charge in [-0.25, -0.2) is 4.98 Å². The Labute approximate surface area is 193 Å². The monoisotopic (exact) mass is 457 g/mol. The molecular formula is C24H31N3O4S. The van der Waals surface area contributed by atoms with Crippen molar-refractivity contribution < 1.29 is 19.0 Å². The summed E-state index contributed by atoms with van der Waals surface area (Å²) in [5.74, 6) is 2.02. The average molecular weight is 458 g/mol. The number of hydrogen-bond acceptors (Lipinski definition) is 7. The van der Waals surface area contributed by atoms with Crippen molar-refractivity contribution >= 4 is 32.6 Å². The number of amides is 1. The highest BCUT2D eigenvalue weighted by Gasteiger charge is 2.23. The van der Waals surface area contributed by atoms with Crippen molar-refractivity contribution in [3.8, 4) is 17.2 Å². The largest absolute Gasteiger partial charge is 0.495 e. The Morgan fingerprint density at radius 3 is 2.31 bits per heavy atom. The van der Waals surface area contributed by atoms with E-state index in [0.29, 0.717) is 47.4 Å². The predicted molar refractivity (Wildman–Crippen MR) is 130 cm³/mol. The molecule has 0 N–H and O–H groups in total. The lowest BCUT2D eigenvalue weighted by molar-refractivity contribution is 0.0985. The number of fused-ring (bicyclic) bond motifs is 1. The van der Waals surface area contributed by atoms with E-state index >= 15 is 0 Å². The Morgan fingerprint density at radius 1 is 1.00 bits per heavy atom. The van der Waals surface area contributed by atoms with Crippen LogP contribution in [0.15, 0.2) is 36.4 Å². The zero-order valence-electron chi connectivity index (χ0n) is 19.4. The number of rotatable bonds is 11. The van der Waals surface area contributed by atoms with Crippen LogP contribution in [0.2, 0.25) is 0 Å². The van der Waals surface area contributed by atoms with Gasteiger partial charge in [-0.3, -0.25) is 9.69 Å². The molecule has 0 radical (unpaired) electrons. The van der Waals surface area contributed by atoms with Gasteiger partial charge < -0.3 is 19.1 Å². The van der Waals surface area contributed by atoms with Gasteiger partial charge in [0.05, 0.1) is 20.8 Å². The highest BCUT2D eigenvalue weighted by Crippen LogP contribution is 2.40. The first kappa shape index (κ1) is 23.8. The second kappa shape index (κ2) is 11.2. The topological polar surface area (TPSA) is 64.1 Å². The van der Waals surface area contributed by atoms with Crippen molar-refractivity contribution in [2.75, 3.05) is 52.9 Å². The Kier molecular flexibility index (Phi) is 8.30. The van der Waals surface area contributed by atoms with Gasteiger partial charge in [0.2, 0.25) is 0 Å². The SMILES string of the molecule is CCCCOc1ccc(C(=O)N(CCN(C)C)c2nc3c(OC)ccc(OC)c3s2)cc1. The molecule has 0 saturated heterocycles. The molecule has 7 nitrogen and oxygen atoms in total. The number of aromatic nitrogens is 1. The first-order chi connectivity index (χ1) is 15.5. The summed E-state index contributed by atoms with van der Waals surface area (Å²) in [6, 6.07) is 11.0. The summed E-state index contributed by atoms with van der Waals surface area (Å²) < 4.78 is 17.6. The smallest absolute Gasteiger partial charge is 0.260 e. The third-order valence-corrected chi connectivity index (χ3v) is 6.11. The molecule has 0 aliphatic rings. The van der Waals surface area contributed by atoms with E-state index in [1.54, 1.807) is 31.3 Å². The molecule has 0 fully saturated rings. The van der Waals surface area contributed by atoms with Crippen molar-refractivity contribution in [3.05, 3.63) is 42.0 Å². The molecule has 3 rings (SSSR count). The Morgan fingerprint density at radius 2 is 1.69 bits per heavy atom. The molecule has 0 atom stereocenters. The molecule has 8 heteroatoms. The number of thiazole rings is 1. The standard InChI is InChI=1S/C24H31N3O4S/c1-6-7-16-31-18-10-8-17(9-11-18)23(28)27(15-14-26(2)3)24-25-21-19(29-4)12-13-20(30-5)22(21)32-24/h8-13H,6-7,14-16H2,1-5H3. The van der Waals surface area contributed by atoms with Crippen molar-refractivity contribution in [2.24, 2.45) is 0 Å². The molecule has 0 aliphatic carbocycles. The van der Waals surface area contributed by atoms with Gasteiger partial charge in [0.1, 0.15) is 27.5 Å². The number of likely N-dealkylation sites (N-methyl/N-ethyl adjacent to an activating group) is 1. The molecule has 3 aromatic rings. The molecule has 1 aromatic heterocycles. The van der Waals surface area contributed by atoms with Crippen LogP contribution >= 0.6 is 11.3 Å². The normalized spacial score (nSPS) is 11.1. The first-order valence-corrected chi connectivity index (χ1v) is 11.5. The molecule has 0 saturated carbocycles. The highest BCUT2D eigenvalue weighted by atomic mass is 32.1. The lowest BCUT2D eigenvalue weighted by Gasteiger charge is -2.22. The fourth-order valence-corrected chi connectivity index (χ4v) is 4.26. The fraction of sp³-hybridized carbons (Fsp3) is 0.417. The minimum absolute atomic E-state index is 0.107. The number of ether oxygens (including phenoxy) is 3. The Balaban J connectivity index is 1.93. The second-order valence-electron chi connectivity index (χ2n) is 7.63. The number of carbonyl (C=O) groups is 1. The summed E-state index contributed by atoms with van der Waals surface area (Å²) in [7, 11) is 7.20. The molecule has 0 unspecified atom stereocenters. The molecule has 0 bridgehead atoms. The number of unbranched alkanes of at least 4 members (excludes halogenated alkanes) is 1. The average Bonchev–Trinajstić information content (AvgIpc) is 3.24. The van der Waals surface area contributed by atoms with Crippen molar-refractivity contribution in [1.29, 1.82) is 0 Å². The van der Waals surface area contributed by atoms with E-state index in [4.69, 9.17) is 19.2 Å². The molecule has 1 heterocycles. The summed E-state index contributed by atoms with van der Waals surface area (Å²) in [5, 5.41) is 0.609. The Hall–Kier alpha value is -2.84. The Bertz CT molecular complexity index is 993. The van der Waals surface area contributed by atoms with Crippen LogP contribution in [0.5, 0.6) is 17.2 Å². The van der Waals surface area contributed by atoms with Crippen molar-refractivity contribution in [3.63, 3.8) is 0 Å². The van der Waals surface area contributed by atoms with E-state index in [2.05, 4.69) is 6.92 Å². The van der Waals surface area contributed by atoms with Gasteiger partial charge in [-0.2, -0.15) is 0 Å². The summed E-state index contributed by atoms with van der Waals surface area (Å²) in [6.45, 7) is 4.01. The van der Waals surface area contributed by atoms with Gasteiger partial charge >= 0.3 is 0 Å². The minimum Gasteiger partial charge on any atom is -0.495 e. The zero-order valence-corrected chi connectivity index (χ0v) is 20.2. The number of hydrogen-bond donors (Lipinski definition) is 0. The van der Waals surface area contributed by atoms with Crippen LogP contribution in [-0.4, -0.2) is 63.8 Å². The third kappa shape index (κ3) is 5.49. The number of nitrogens with zero attached hydrogens (tertiary/aromatic N) is 3. The molecule has 0 spiro atoms. The van der Waals surface area contributed by atoms with Crippen LogP contribution in [0.1, 0.15) is 30.1 Å². The quantitative estimate of drug-likeness (QED) is 0.389. The summed E-state index contributed by atoms with van der Waals surface area (Å²) in [6.07, 6.45) is 2.08. The maximum atomic E-state index is 13.5. The molecule has 2 aromatic carbocycles. The van der Waals surface area contributed by atoms with Gasteiger partial charge in [0.15, 0.2) is 5.13 Å². The molecule has 1 amide bonds. The van der Waals surface area contributed by atoms with Crippen LogP contribution in [0, 0.1) is 0 Å². The summed E-state index contributed by atoms with van der Waals surface area (Å²) in [5.41, 5.74) is 1.28. The van der Waals surface area contributed by atoms with E-state index in [0.717, 1.165) is 23.3 Å². The summed E-state index contributed by atoms with van der Waals surface area (Å²) >= 11 is 1.42. The van der Waals surface area contributed by atoms with Gasteiger partial charge in [0.25, 0.3) is 5.91 Å². The van der Waals surface area contributed by atoms with Crippen LogP contribution in [0.3, 0.4) is 0 Å². The summed E-state index contributed by atoms with van der Waals surface area (Å²) in [4.78, 5) is 22.0. The number of benzene rings is 2. The van der Waals surface area contributed by atoms with Crippen molar-refractivity contribution in [1.82, 2.24) is 9.88 Å². The third-order valence-electron chi connectivity index (χ3n) is 5.01. The lowest BCUT2D eigenvalue weighted by atomic mass is 10.2. The van der Waals surface area contributed by atoms with Crippen LogP contribution < -0.4 is 19.1 Å². The zero-order chi connectivity index (χ0) is 23.1. The minimum atomic E-state index is -0.107. The fourth-order valence-electron chi connectivity index (χ4n) is 3.16. The molecule has 32 heavy (non-hydrogen) atoms. The second-order valence-corrected chi connectivity index (χ2v) is 8.61. The van der Waals surface area contributed by atoms with Gasteiger partial charge in [-0.05, 0) is 56.9 Å².